The van der Waals surface area contributed by atoms with E-state index in [4.69, 9.17) is 11.6 Å². The van der Waals surface area contributed by atoms with Crippen LogP contribution in [0.1, 0.15) is 59.5 Å². The lowest BCUT2D eigenvalue weighted by Gasteiger charge is -2.00. The highest BCUT2D eigenvalue weighted by Crippen LogP contribution is 2.18. The summed E-state index contributed by atoms with van der Waals surface area (Å²) in [4.78, 5) is 13.9. The number of rotatable bonds is 9. The molecule has 1 heterocycles. The number of aryl methyl sites for hydroxylation is 1. The summed E-state index contributed by atoms with van der Waals surface area (Å²) in [6, 6.07) is 3.97. The Labute approximate surface area is 113 Å². The number of halogens is 1. The van der Waals surface area contributed by atoms with Crippen molar-refractivity contribution in [1.29, 1.82) is 0 Å². The first kappa shape index (κ1) is 14.7. The van der Waals surface area contributed by atoms with E-state index in [2.05, 4.69) is 0 Å². The predicted molar refractivity (Wildman–Crippen MR) is 76.4 cm³/mol. The number of hydrogen-bond acceptors (Lipinski definition) is 2. The van der Waals surface area contributed by atoms with Crippen molar-refractivity contribution in [1.82, 2.24) is 0 Å². The number of thiophene rings is 1. The van der Waals surface area contributed by atoms with Crippen molar-refractivity contribution >= 4 is 28.7 Å². The molecule has 0 aliphatic heterocycles. The molecule has 1 nitrogen and oxygen atoms in total. The summed E-state index contributed by atoms with van der Waals surface area (Å²) in [5.41, 5.74) is 0. The Bertz CT molecular complexity index is 333. The molecule has 0 radical (unpaired) electrons. The molecule has 0 atom stereocenters. The summed E-state index contributed by atoms with van der Waals surface area (Å²) in [6.45, 7) is 2.04. The van der Waals surface area contributed by atoms with Crippen molar-refractivity contribution < 1.29 is 4.79 Å². The Morgan fingerprint density at radius 2 is 1.76 bits per heavy atom. The monoisotopic (exact) mass is 272 g/mol. The number of alkyl halides is 1. The summed E-state index contributed by atoms with van der Waals surface area (Å²) in [6.07, 6.45) is 7.72. The number of carbonyl (C=O) groups excluding carboxylic acids is 1. The summed E-state index contributed by atoms with van der Waals surface area (Å²) in [5.74, 6) is 1.08. The van der Waals surface area contributed by atoms with Crippen LogP contribution in [-0.4, -0.2) is 11.7 Å². The third-order valence-corrected chi connectivity index (χ3v) is 4.11. The first-order valence-electron chi connectivity index (χ1n) is 6.39. The molecule has 0 N–H and O–H groups in total. The van der Waals surface area contributed by atoms with E-state index >= 15 is 0 Å². The lowest BCUT2D eigenvalue weighted by molar-refractivity contribution is 0.0983. The molecule has 1 rings (SSSR count). The van der Waals surface area contributed by atoms with Crippen molar-refractivity contribution in [3.05, 3.63) is 21.9 Å². The molecule has 0 bridgehead atoms. The third kappa shape index (κ3) is 6.23. The van der Waals surface area contributed by atoms with Crippen LogP contribution in [-0.2, 0) is 0 Å². The van der Waals surface area contributed by atoms with Crippen LogP contribution in [0.15, 0.2) is 12.1 Å². The van der Waals surface area contributed by atoms with Gasteiger partial charge in [-0.25, -0.2) is 0 Å². The molecule has 1 aromatic rings. The summed E-state index contributed by atoms with van der Waals surface area (Å²) in [5, 5.41) is 0. The Balaban J connectivity index is 2.05. The zero-order chi connectivity index (χ0) is 12.5. The molecule has 0 aliphatic rings. The molecule has 0 aromatic carbocycles. The first-order chi connectivity index (χ1) is 8.24. The highest BCUT2D eigenvalue weighted by molar-refractivity contribution is 7.14. The molecule has 96 valence electrons. The average molecular weight is 273 g/mol. The van der Waals surface area contributed by atoms with Gasteiger partial charge in [0.2, 0.25) is 0 Å². The van der Waals surface area contributed by atoms with E-state index in [0.29, 0.717) is 12.2 Å². The fraction of sp³-hybridized carbons (Fsp3) is 0.643. The van der Waals surface area contributed by atoms with E-state index in [1.54, 1.807) is 11.3 Å². The first-order valence-corrected chi connectivity index (χ1v) is 7.74. The summed E-state index contributed by atoms with van der Waals surface area (Å²) in [7, 11) is 0. The van der Waals surface area contributed by atoms with Gasteiger partial charge in [0.05, 0.1) is 4.88 Å². The predicted octanol–water partition coefficient (Wildman–Crippen LogP) is 5.21. The van der Waals surface area contributed by atoms with Crippen LogP contribution < -0.4 is 0 Å². The van der Waals surface area contributed by atoms with Crippen molar-refractivity contribution in [3.8, 4) is 0 Å². The minimum atomic E-state index is 0.309. The molecule has 0 aliphatic carbocycles. The second-order valence-electron chi connectivity index (χ2n) is 4.39. The van der Waals surface area contributed by atoms with E-state index in [0.717, 1.165) is 23.6 Å². The zero-order valence-electron chi connectivity index (χ0n) is 10.5. The van der Waals surface area contributed by atoms with E-state index in [1.165, 1.54) is 30.6 Å². The summed E-state index contributed by atoms with van der Waals surface area (Å²) >= 11 is 7.22. The smallest absolute Gasteiger partial charge is 0.172 e. The van der Waals surface area contributed by atoms with Crippen LogP contribution >= 0.6 is 22.9 Å². The quantitative estimate of drug-likeness (QED) is 0.343. The van der Waals surface area contributed by atoms with E-state index < -0.39 is 0 Å². The minimum Gasteiger partial charge on any atom is -0.293 e. The molecule has 0 fully saturated rings. The molecular formula is C14H21ClOS. The largest absolute Gasteiger partial charge is 0.293 e. The van der Waals surface area contributed by atoms with Gasteiger partial charge in [-0.1, -0.05) is 25.7 Å². The Hall–Kier alpha value is -0.340. The van der Waals surface area contributed by atoms with Crippen molar-refractivity contribution in [2.45, 2.75) is 51.9 Å². The second-order valence-corrected chi connectivity index (χ2v) is 6.06. The summed E-state index contributed by atoms with van der Waals surface area (Å²) < 4.78 is 0. The zero-order valence-corrected chi connectivity index (χ0v) is 12.1. The van der Waals surface area contributed by atoms with Crippen LogP contribution in [0.5, 0.6) is 0 Å². The molecule has 0 saturated heterocycles. The maximum atomic E-state index is 11.8. The van der Waals surface area contributed by atoms with Gasteiger partial charge in [-0.15, -0.1) is 22.9 Å². The maximum Gasteiger partial charge on any atom is 0.172 e. The van der Waals surface area contributed by atoms with Crippen LogP contribution in [0.25, 0.3) is 0 Å². The fourth-order valence-electron chi connectivity index (χ4n) is 1.79. The molecule has 0 saturated carbocycles. The van der Waals surface area contributed by atoms with Crippen LogP contribution in [0.4, 0.5) is 0 Å². The number of ketones is 1. The number of Topliss-reactive ketones (excluding diaryl/α,β-unsaturated/α-hetero) is 1. The molecule has 17 heavy (non-hydrogen) atoms. The highest BCUT2D eigenvalue weighted by Gasteiger charge is 2.07. The van der Waals surface area contributed by atoms with Gasteiger partial charge < -0.3 is 0 Å². The van der Waals surface area contributed by atoms with Gasteiger partial charge in [0, 0.05) is 17.2 Å². The highest BCUT2D eigenvalue weighted by atomic mass is 35.5. The molecule has 0 amide bonds. The third-order valence-electron chi connectivity index (χ3n) is 2.80. The average Bonchev–Trinajstić information content (AvgIpc) is 2.74. The van der Waals surface area contributed by atoms with Crippen molar-refractivity contribution in [2.75, 3.05) is 5.88 Å². The van der Waals surface area contributed by atoms with Gasteiger partial charge in [0.15, 0.2) is 5.78 Å². The SMILES string of the molecule is Cc1ccc(C(=O)CCCCCCCCCl)s1. The number of unbranched alkanes of at least 4 members (excludes halogenated alkanes) is 5. The lowest BCUT2D eigenvalue weighted by atomic mass is 10.1. The van der Waals surface area contributed by atoms with Crippen LogP contribution in [0.2, 0.25) is 0 Å². The maximum absolute atomic E-state index is 11.8. The standard InChI is InChI=1S/C14H21ClOS/c1-12-9-10-14(17-12)13(16)8-6-4-2-3-5-7-11-15/h9-10H,2-8,11H2,1H3. The Morgan fingerprint density at radius 3 is 2.35 bits per heavy atom. The van der Waals surface area contributed by atoms with Crippen molar-refractivity contribution in [3.63, 3.8) is 0 Å². The van der Waals surface area contributed by atoms with Crippen LogP contribution in [0, 0.1) is 6.92 Å². The topological polar surface area (TPSA) is 17.1 Å². The van der Waals surface area contributed by atoms with Gasteiger partial charge in [-0.3, -0.25) is 4.79 Å². The van der Waals surface area contributed by atoms with Crippen LogP contribution in [0.3, 0.4) is 0 Å². The van der Waals surface area contributed by atoms with Crippen molar-refractivity contribution in [2.24, 2.45) is 0 Å². The minimum absolute atomic E-state index is 0.309. The lowest BCUT2D eigenvalue weighted by Crippen LogP contribution is -1.95. The normalized spacial score (nSPS) is 10.7. The van der Waals surface area contributed by atoms with Gasteiger partial charge >= 0.3 is 0 Å². The number of carbonyl (C=O) groups is 1. The molecule has 1 aromatic heterocycles. The molecule has 0 unspecified atom stereocenters. The molecular weight excluding hydrogens is 252 g/mol. The number of hydrogen-bond donors (Lipinski definition) is 0. The van der Waals surface area contributed by atoms with E-state index in [9.17, 15) is 4.79 Å². The second kappa shape index (κ2) is 8.71. The Kier molecular flexibility index (Phi) is 7.54. The van der Waals surface area contributed by atoms with E-state index in [1.807, 2.05) is 19.1 Å². The Morgan fingerprint density at radius 1 is 1.12 bits per heavy atom. The van der Waals surface area contributed by atoms with Gasteiger partial charge in [0.1, 0.15) is 0 Å². The molecule has 0 spiro atoms. The van der Waals surface area contributed by atoms with Gasteiger partial charge in [-0.05, 0) is 31.9 Å². The fourth-order valence-corrected chi connectivity index (χ4v) is 2.82. The van der Waals surface area contributed by atoms with E-state index in [-0.39, 0.29) is 0 Å². The van der Waals surface area contributed by atoms with Gasteiger partial charge in [0.25, 0.3) is 0 Å². The molecule has 3 heteroatoms. The van der Waals surface area contributed by atoms with Gasteiger partial charge in [-0.2, -0.15) is 0 Å².